The lowest BCUT2D eigenvalue weighted by molar-refractivity contribution is 0.407. The summed E-state index contributed by atoms with van der Waals surface area (Å²) in [7, 11) is 1.72. The molecule has 1 atom stereocenters. The molecule has 3 heteroatoms. The molecule has 1 fully saturated rings. The Balaban J connectivity index is 2.28. The molecule has 0 spiro atoms. The van der Waals surface area contributed by atoms with Crippen molar-refractivity contribution in [3.8, 4) is 5.75 Å². The van der Waals surface area contributed by atoms with Gasteiger partial charge in [-0.1, -0.05) is 6.07 Å². The van der Waals surface area contributed by atoms with Crippen molar-refractivity contribution in [1.29, 1.82) is 0 Å². The first-order chi connectivity index (χ1) is 7.72. The Hall–Kier alpha value is -0.540. The first-order valence-electron chi connectivity index (χ1n) is 5.77. The number of hydrogen-bond acceptors (Lipinski definition) is 2. The van der Waals surface area contributed by atoms with Crippen LogP contribution in [0.25, 0.3) is 0 Å². The number of hydrogen-bond donors (Lipinski definition) is 1. The summed E-state index contributed by atoms with van der Waals surface area (Å²) in [5, 5.41) is 3.45. The highest BCUT2D eigenvalue weighted by Gasteiger charge is 2.17. The maximum atomic E-state index is 5.36. The van der Waals surface area contributed by atoms with Crippen LogP contribution in [0.5, 0.6) is 5.75 Å². The van der Waals surface area contributed by atoms with Gasteiger partial charge in [0.1, 0.15) is 5.75 Å². The minimum Gasteiger partial charge on any atom is -0.495 e. The average Bonchev–Trinajstić information content (AvgIpc) is 2.30. The molecule has 0 saturated carbocycles. The molecule has 0 bridgehead atoms. The van der Waals surface area contributed by atoms with Gasteiger partial charge in [-0.3, -0.25) is 0 Å². The van der Waals surface area contributed by atoms with E-state index in [2.05, 4.69) is 40.3 Å². The SMILES string of the molecule is COc1c(C)cc(C2CCCNC2)cc1Br. The first-order valence-corrected chi connectivity index (χ1v) is 6.56. The smallest absolute Gasteiger partial charge is 0.135 e. The summed E-state index contributed by atoms with van der Waals surface area (Å²) >= 11 is 3.58. The van der Waals surface area contributed by atoms with Crippen molar-refractivity contribution in [3.05, 3.63) is 27.7 Å². The van der Waals surface area contributed by atoms with E-state index in [1.54, 1.807) is 7.11 Å². The van der Waals surface area contributed by atoms with Gasteiger partial charge in [0.2, 0.25) is 0 Å². The molecular weight excluding hydrogens is 266 g/mol. The van der Waals surface area contributed by atoms with E-state index in [1.165, 1.54) is 24.0 Å². The second-order valence-corrected chi connectivity index (χ2v) is 5.25. The lowest BCUT2D eigenvalue weighted by Gasteiger charge is -2.24. The second-order valence-electron chi connectivity index (χ2n) is 4.40. The fourth-order valence-corrected chi connectivity index (χ4v) is 3.13. The summed E-state index contributed by atoms with van der Waals surface area (Å²) in [6.45, 7) is 4.36. The molecule has 1 heterocycles. The molecule has 1 saturated heterocycles. The summed E-state index contributed by atoms with van der Waals surface area (Å²) in [6, 6.07) is 4.45. The summed E-state index contributed by atoms with van der Waals surface area (Å²) in [4.78, 5) is 0. The van der Waals surface area contributed by atoms with Crippen LogP contribution in [0.15, 0.2) is 16.6 Å². The molecule has 1 aliphatic heterocycles. The van der Waals surface area contributed by atoms with E-state index in [4.69, 9.17) is 4.74 Å². The van der Waals surface area contributed by atoms with Gasteiger partial charge in [0.15, 0.2) is 0 Å². The Bertz CT molecular complexity index is 349. The second kappa shape index (κ2) is 5.19. The normalized spacial score (nSPS) is 20.8. The maximum Gasteiger partial charge on any atom is 0.135 e. The molecule has 16 heavy (non-hydrogen) atoms. The minimum atomic E-state index is 0.648. The Kier molecular flexibility index (Phi) is 3.87. The molecule has 0 radical (unpaired) electrons. The summed E-state index contributed by atoms with van der Waals surface area (Å²) in [5.41, 5.74) is 2.62. The molecule has 1 unspecified atom stereocenters. The average molecular weight is 284 g/mol. The van der Waals surface area contributed by atoms with Gasteiger partial charge in [-0.2, -0.15) is 0 Å². The van der Waals surface area contributed by atoms with E-state index < -0.39 is 0 Å². The zero-order valence-electron chi connectivity index (χ0n) is 9.85. The van der Waals surface area contributed by atoms with Crippen LogP contribution in [0.1, 0.15) is 29.9 Å². The third kappa shape index (κ3) is 2.41. The van der Waals surface area contributed by atoms with Crippen molar-refractivity contribution in [2.75, 3.05) is 20.2 Å². The highest BCUT2D eigenvalue weighted by atomic mass is 79.9. The fourth-order valence-electron chi connectivity index (χ4n) is 2.39. The molecule has 2 rings (SSSR count). The zero-order valence-corrected chi connectivity index (χ0v) is 11.4. The molecule has 0 aromatic heterocycles. The van der Waals surface area contributed by atoms with Crippen LogP contribution in [-0.2, 0) is 0 Å². The number of rotatable bonds is 2. The number of nitrogens with one attached hydrogen (secondary N) is 1. The Morgan fingerprint density at radius 1 is 1.44 bits per heavy atom. The summed E-state index contributed by atoms with van der Waals surface area (Å²) < 4.78 is 6.42. The summed E-state index contributed by atoms with van der Waals surface area (Å²) in [6.07, 6.45) is 2.55. The first kappa shape index (κ1) is 11.9. The van der Waals surface area contributed by atoms with Crippen LogP contribution < -0.4 is 10.1 Å². The van der Waals surface area contributed by atoms with Crippen molar-refractivity contribution in [1.82, 2.24) is 5.32 Å². The third-order valence-electron chi connectivity index (χ3n) is 3.22. The zero-order chi connectivity index (χ0) is 11.5. The van der Waals surface area contributed by atoms with Gasteiger partial charge in [-0.25, -0.2) is 0 Å². The molecule has 1 aliphatic rings. The number of aryl methyl sites for hydroxylation is 1. The molecule has 2 nitrogen and oxygen atoms in total. The Labute approximate surface area is 106 Å². The van der Waals surface area contributed by atoms with Crippen LogP contribution in [-0.4, -0.2) is 20.2 Å². The van der Waals surface area contributed by atoms with Crippen molar-refractivity contribution in [2.24, 2.45) is 0 Å². The maximum absolute atomic E-state index is 5.36. The highest BCUT2D eigenvalue weighted by Crippen LogP contribution is 2.34. The quantitative estimate of drug-likeness (QED) is 0.900. The third-order valence-corrected chi connectivity index (χ3v) is 3.81. The van der Waals surface area contributed by atoms with Gasteiger partial charge in [0, 0.05) is 6.54 Å². The van der Waals surface area contributed by atoms with E-state index in [0.29, 0.717) is 5.92 Å². The predicted octanol–water partition coefficient (Wildman–Crippen LogP) is 3.23. The van der Waals surface area contributed by atoms with Gasteiger partial charge >= 0.3 is 0 Å². The van der Waals surface area contributed by atoms with Crippen molar-refractivity contribution in [2.45, 2.75) is 25.7 Å². The number of benzene rings is 1. The Morgan fingerprint density at radius 3 is 2.81 bits per heavy atom. The number of halogens is 1. The standard InChI is InChI=1S/C13H18BrNO/c1-9-6-11(7-12(14)13(9)16-2)10-4-3-5-15-8-10/h6-7,10,15H,3-5,8H2,1-2H3. The van der Waals surface area contributed by atoms with Crippen LogP contribution in [0.3, 0.4) is 0 Å². The van der Waals surface area contributed by atoms with E-state index in [1.807, 2.05) is 0 Å². The van der Waals surface area contributed by atoms with Gasteiger partial charge in [0.05, 0.1) is 11.6 Å². The predicted molar refractivity (Wildman–Crippen MR) is 70.3 cm³/mol. The molecular formula is C13H18BrNO. The fraction of sp³-hybridized carbons (Fsp3) is 0.538. The highest BCUT2D eigenvalue weighted by molar-refractivity contribution is 9.10. The lowest BCUT2D eigenvalue weighted by Crippen LogP contribution is -2.28. The summed E-state index contributed by atoms with van der Waals surface area (Å²) in [5.74, 6) is 1.60. The molecule has 1 N–H and O–H groups in total. The van der Waals surface area contributed by atoms with E-state index in [-0.39, 0.29) is 0 Å². The monoisotopic (exact) mass is 283 g/mol. The van der Waals surface area contributed by atoms with Gasteiger partial charge in [0.25, 0.3) is 0 Å². The van der Waals surface area contributed by atoms with E-state index in [0.717, 1.165) is 23.3 Å². The molecule has 1 aromatic rings. The van der Waals surface area contributed by atoms with Crippen molar-refractivity contribution >= 4 is 15.9 Å². The minimum absolute atomic E-state index is 0.648. The van der Waals surface area contributed by atoms with Crippen LogP contribution in [0, 0.1) is 6.92 Å². The topological polar surface area (TPSA) is 21.3 Å². The molecule has 1 aromatic carbocycles. The van der Waals surface area contributed by atoms with Gasteiger partial charge in [-0.05, 0) is 65.4 Å². The van der Waals surface area contributed by atoms with E-state index in [9.17, 15) is 0 Å². The number of piperidine rings is 1. The molecule has 0 amide bonds. The van der Waals surface area contributed by atoms with Crippen LogP contribution in [0.2, 0.25) is 0 Å². The Morgan fingerprint density at radius 2 is 2.25 bits per heavy atom. The number of ether oxygens (including phenoxy) is 1. The van der Waals surface area contributed by atoms with Crippen molar-refractivity contribution < 1.29 is 4.74 Å². The number of methoxy groups -OCH3 is 1. The van der Waals surface area contributed by atoms with Crippen molar-refractivity contribution in [3.63, 3.8) is 0 Å². The van der Waals surface area contributed by atoms with Crippen LogP contribution >= 0.6 is 15.9 Å². The van der Waals surface area contributed by atoms with Crippen LogP contribution in [0.4, 0.5) is 0 Å². The van der Waals surface area contributed by atoms with E-state index >= 15 is 0 Å². The lowest BCUT2D eigenvalue weighted by atomic mass is 9.90. The van der Waals surface area contributed by atoms with Gasteiger partial charge in [-0.15, -0.1) is 0 Å². The largest absolute Gasteiger partial charge is 0.495 e. The molecule has 88 valence electrons. The van der Waals surface area contributed by atoms with Gasteiger partial charge < -0.3 is 10.1 Å². The molecule has 0 aliphatic carbocycles.